The van der Waals surface area contributed by atoms with Crippen molar-refractivity contribution in [3.05, 3.63) is 71.7 Å². The smallest absolute Gasteiger partial charge is 0.227 e. The van der Waals surface area contributed by atoms with Crippen LogP contribution in [0.25, 0.3) is 5.69 Å². The van der Waals surface area contributed by atoms with Crippen molar-refractivity contribution in [3.63, 3.8) is 0 Å². The van der Waals surface area contributed by atoms with E-state index >= 15 is 0 Å². The number of halogens is 1. The van der Waals surface area contributed by atoms with Crippen LogP contribution in [-0.2, 0) is 11.3 Å². The Morgan fingerprint density at radius 1 is 1.22 bits per heavy atom. The molecule has 170 valence electrons. The molecule has 4 rings (SSSR count). The second-order valence-electron chi connectivity index (χ2n) is 8.35. The van der Waals surface area contributed by atoms with Gasteiger partial charge < -0.3 is 14.6 Å². The van der Waals surface area contributed by atoms with Gasteiger partial charge in [-0.2, -0.15) is 5.10 Å². The molecule has 2 heterocycles. The second kappa shape index (κ2) is 10.3. The molecular weight excluding hydrogens is 409 g/mol. The standard InChI is InChI=1S/C25H30FN3O3/c1-18(30)15-28(16-23-9-6-14-31-23)17-24-19(2)27-29(21-7-4-3-5-8-21)25(24)32-22-12-10-20(26)11-13-22/h3-5,7-8,10-13,18,23,30H,6,9,14-17H2,1-2H3. The molecule has 0 aliphatic carbocycles. The number of para-hydroxylation sites is 1. The fourth-order valence-electron chi connectivity index (χ4n) is 4.06. The van der Waals surface area contributed by atoms with Crippen molar-refractivity contribution in [1.82, 2.24) is 14.7 Å². The fraction of sp³-hybridized carbons (Fsp3) is 0.400. The Kier molecular flexibility index (Phi) is 7.19. The van der Waals surface area contributed by atoms with Crippen molar-refractivity contribution >= 4 is 0 Å². The van der Waals surface area contributed by atoms with Crippen LogP contribution in [-0.4, -0.2) is 51.7 Å². The fourth-order valence-corrected chi connectivity index (χ4v) is 4.06. The van der Waals surface area contributed by atoms with Gasteiger partial charge in [-0.3, -0.25) is 4.90 Å². The van der Waals surface area contributed by atoms with Crippen molar-refractivity contribution in [2.24, 2.45) is 0 Å². The first-order chi connectivity index (χ1) is 15.5. The molecule has 6 nitrogen and oxygen atoms in total. The van der Waals surface area contributed by atoms with Crippen molar-refractivity contribution in [2.45, 2.75) is 45.4 Å². The maximum Gasteiger partial charge on any atom is 0.227 e. The third-order valence-corrected chi connectivity index (χ3v) is 5.56. The van der Waals surface area contributed by atoms with Gasteiger partial charge in [0.25, 0.3) is 0 Å². The maximum absolute atomic E-state index is 13.4. The highest BCUT2D eigenvalue weighted by atomic mass is 19.1. The number of hydrogen-bond donors (Lipinski definition) is 1. The van der Waals surface area contributed by atoms with Crippen LogP contribution in [0.2, 0.25) is 0 Å². The first-order valence-corrected chi connectivity index (χ1v) is 11.1. The number of hydrogen-bond acceptors (Lipinski definition) is 5. The Balaban J connectivity index is 1.68. The van der Waals surface area contributed by atoms with Gasteiger partial charge in [0, 0.05) is 26.2 Å². The maximum atomic E-state index is 13.4. The van der Waals surface area contributed by atoms with E-state index in [2.05, 4.69) is 4.90 Å². The lowest BCUT2D eigenvalue weighted by atomic mass is 10.1. The number of benzene rings is 2. The molecule has 2 aromatic carbocycles. The number of nitrogens with zero attached hydrogens (tertiary/aromatic N) is 3. The van der Waals surface area contributed by atoms with E-state index in [0.717, 1.165) is 42.9 Å². The Hall–Kier alpha value is -2.74. The third-order valence-electron chi connectivity index (χ3n) is 5.56. The van der Waals surface area contributed by atoms with E-state index in [0.29, 0.717) is 24.7 Å². The Labute approximate surface area is 188 Å². The monoisotopic (exact) mass is 439 g/mol. The molecule has 0 bridgehead atoms. The summed E-state index contributed by atoms with van der Waals surface area (Å²) < 4.78 is 27.3. The van der Waals surface area contributed by atoms with Crippen LogP contribution in [0.5, 0.6) is 11.6 Å². The van der Waals surface area contributed by atoms with Gasteiger partial charge in [-0.1, -0.05) is 18.2 Å². The topological polar surface area (TPSA) is 59.8 Å². The second-order valence-corrected chi connectivity index (χ2v) is 8.35. The van der Waals surface area contributed by atoms with Gasteiger partial charge in [0.15, 0.2) is 0 Å². The summed E-state index contributed by atoms with van der Waals surface area (Å²) in [6.45, 7) is 6.34. The van der Waals surface area contributed by atoms with E-state index in [1.807, 2.05) is 37.3 Å². The average Bonchev–Trinajstić information content (AvgIpc) is 3.39. The molecule has 1 N–H and O–H groups in total. The molecular formula is C25H30FN3O3. The van der Waals surface area contributed by atoms with Crippen molar-refractivity contribution < 1.29 is 19.0 Å². The molecule has 1 fully saturated rings. The van der Waals surface area contributed by atoms with Crippen LogP contribution < -0.4 is 4.74 Å². The summed E-state index contributed by atoms with van der Waals surface area (Å²) in [4.78, 5) is 2.19. The third kappa shape index (κ3) is 5.54. The summed E-state index contributed by atoms with van der Waals surface area (Å²) in [5.41, 5.74) is 2.64. The highest BCUT2D eigenvalue weighted by Gasteiger charge is 2.25. The van der Waals surface area contributed by atoms with Crippen LogP contribution in [0.3, 0.4) is 0 Å². The number of ether oxygens (including phenoxy) is 2. The molecule has 0 amide bonds. The van der Waals surface area contributed by atoms with Crippen molar-refractivity contribution in [1.29, 1.82) is 0 Å². The minimum absolute atomic E-state index is 0.166. The largest absolute Gasteiger partial charge is 0.439 e. The molecule has 1 aliphatic rings. The molecule has 32 heavy (non-hydrogen) atoms. The zero-order valence-electron chi connectivity index (χ0n) is 18.6. The predicted octanol–water partition coefficient (Wildman–Crippen LogP) is 4.47. The molecule has 1 aromatic heterocycles. The lowest BCUT2D eigenvalue weighted by Crippen LogP contribution is -2.36. The summed E-state index contributed by atoms with van der Waals surface area (Å²) in [6.07, 6.45) is 1.79. The number of aromatic nitrogens is 2. The first kappa shape index (κ1) is 22.5. The highest BCUT2D eigenvalue weighted by molar-refractivity contribution is 5.43. The number of aliphatic hydroxyl groups excluding tert-OH is 1. The number of aliphatic hydroxyl groups is 1. The van der Waals surface area contributed by atoms with E-state index in [4.69, 9.17) is 14.6 Å². The molecule has 2 unspecified atom stereocenters. The van der Waals surface area contributed by atoms with E-state index < -0.39 is 6.10 Å². The molecule has 7 heteroatoms. The Bertz CT molecular complexity index is 999. The summed E-state index contributed by atoms with van der Waals surface area (Å²) in [6, 6.07) is 15.8. The van der Waals surface area contributed by atoms with Crippen molar-refractivity contribution in [3.8, 4) is 17.3 Å². The van der Waals surface area contributed by atoms with Crippen molar-refractivity contribution in [2.75, 3.05) is 19.7 Å². The molecule has 0 saturated carbocycles. The van der Waals surface area contributed by atoms with E-state index in [1.165, 1.54) is 12.1 Å². The van der Waals surface area contributed by atoms with Gasteiger partial charge >= 0.3 is 0 Å². The molecule has 0 spiro atoms. The molecule has 2 atom stereocenters. The molecule has 0 radical (unpaired) electrons. The zero-order chi connectivity index (χ0) is 22.5. The SMILES string of the molecule is Cc1nn(-c2ccccc2)c(Oc2ccc(F)cc2)c1CN(CC(C)O)CC1CCCO1. The first-order valence-electron chi connectivity index (χ1n) is 11.1. The lowest BCUT2D eigenvalue weighted by Gasteiger charge is -2.26. The van der Waals surface area contributed by atoms with Crippen LogP contribution >= 0.6 is 0 Å². The number of rotatable bonds is 9. The van der Waals surface area contributed by atoms with Gasteiger partial charge in [0.05, 0.1) is 29.2 Å². The van der Waals surface area contributed by atoms with Gasteiger partial charge in [0.2, 0.25) is 5.88 Å². The van der Waals surface area contributed by atoms with Crippen LogP contribution in [0, 0.1) is 12.7 Å². The number of aryl methyl sites for hydroxylation is 1. The summed E-state index contributed by atoms with van der Waals surface area (Å²) >= 11 is 0. The quantitative estimate of drug-likeness (QED) is 0.533. The Morgan fingerprint density at radius 3 is 2.62 bits per heavy atom. The van der Waals surface area contributed by atoms with Gasteiger partial charge in [0.1, 0.15) is 11.6 Å². The van der Waals surface area contributed by atoms with Gasteiger partial charge in [-0.25, -0.2) is 9.07 Å². The van der Waals surface area contributed by atoms with E-state index in [9.17, 15) is 9.50 Å². The van der Waals surface area contributed by atoms with Gasteiger partial charge in [-0.05, 0) is 63.1 Å². The summed E-state index contributed by atoms with van der Waals surface area (Å²) in [5.74, 6) is 0.805. The van der Waals surface area contributed by atoms with Crippen LogP contribution in [0.15, 0.2) is 54.6 Å². The molecule has 1 aliphatic heterocycles. The summed E-state index contributed by atoms with van der Waals surface area (Å²) in [5, 5.41) is 14.8. The van der Waals surface area contributed by atoms with Crippen LogP contribution in [0.1, 0.15) is 31.0 Å². The predicted molar refractivity (Wildman–Crippen MR) is 121 cm³/mol. The summed E-state index contributed by atoms with van der Waals surface area (Å²) in [7, 11) is 0. The minimum atomic E-state index is -0.470. The van der Waals surface area contributed by atoms with E-state index in [1.54, 1.807) is 23.7 Å². The van der Waals surface area contributed by atoms with Gasteiger partial charge in [-0.15, -0.1) is 0 Å². The zero-order valence-corrected chi connectivity index (χ0v) is 18.6. The Morgan fingerprint density at radius 2 is 1.97 bits per heavy atom. The molecule has 1 saturated heterocycles. The van der Waals surface area contributed by atoms with E-state index in [-0.39, 0.29) is 11.9 Å². The van der Waals surface area contributed by atoms with Crippen LogP contribution in [0.4, 0.5) is 4.39 Å². The minimum Gasteiger partial charge on any atom is -0.439 e. The average molecular weight is 440 g/mol. The normalized spacial score (nSPS) is 17.1. The lowest BCUT2D eigenvalue weighted by molar-refractivity contribution is 0.0500. The highest BCUT2D eigenvalue weighted by Crippen LogP contribution is 2.32. The molecule has 3 aromatic rings.